The van der Waals surface area contributed by atoms with E-state index in [9.17, 15) is 5.26 Å². The number of nitrogens with one attached hydrogen (secondary N) is 1. The highest BCUT2D eigenvalue weighted by atomic mass is 16.5. The molecule has 0 saturated heterocycles. The van der Waals surface area contributed by atoms with Gasteiger partial charge in [-0.2, -0.15) is 5.26 Å². The summed E-state index contributed by atoms with van der Waals surface area (Å²) in [6, 6.07) is 12.5. The Balaban J connectivity index is 1.77. The van der Waals surface area contributed by atoms with Crippen molar-refractivity contribution in [3.63, 3.8) is 0 Å². The van der Waals surface area contributed by atoms with E-state index in [-0.39, 0.29) is 5.54 Å². The monoisotopic (exact) mass is 345 g/mol. The van der Waals surface area contributed by atoms with Gasteiger partial charge in [0.1, 0.15) is 5.75 Å². The predicted molar refractivity (Wildman–Crippen MR) is 103 cm³/mol. The van der Waals surface area contributed by atoms with Gasteiger partial charge in [0.25, 0.3) is 0 Å². The maximum Gasteiger partial charge on any atom is 0.124 e. The van der Waals surface area contributed by atoms with Gasteiger partial charge < -0.3 is 9.72 Å². The van der Waals surface area contributed by atoms with Crippen LogP contribution in [-0.4, -0.2) is 17.0 Å². The summed E-state index contributed by atoms with van der Waals surface area (Å²) in [5, 5.41) is 10.5. The van der Waals surface area contributed by atoms with Gasteiger partial charge in [-0.1, -0.05) is 6.07 Å². The van der Waals surface area contributed by atoms with E-state index in [0.29, 0.717) is 0 Å². The quantitative estimate of drug-likeness (QED) is 0.754. The van der Waals surface area contributed by atoms with E-state index >= 15 is 0 Å². The SMILES string of the molecule is COc1cc(C)c2[nH]ccc2c1CN1Cc2ccc(C#N)cc2C1(C)C. The molecule has 0 atom stereocenters. The van der Waals surface area contributed by atoms with Crippen molar-refractivity contribution in [2.75, 3.05) is 7.11 Å². The minimum absolute atomic E-state index is 0.138. The molecule has 1 aliphatic rings. The summed E-state index contributed by atoms with van der Waals surface area (Å²) >= 11 is 0. The summed E-state index contributed by atoms with van der Waals surface area (Å²) in [6.07, 6.45) is 1.99. The molecule has 2 aromatic carbocycles. The lowest BCUT2D eigenvalue weighted by Gasteiger charge is -2.33. The summed E-state index contributed by atoms with van der Waals surface area (Å²) in [5.74, 6) is 0.930. The Kier molecular flexibility index (Phi) is 3.78. The number of methoxy groups -OCH3 is 1. The van der Waals surface area contributed by atoms with Crippen molar-refractivity contribution >= 4 is 10.9 Å². The van der Waals surface area contributed by atoms with Crippen LogP contribution in [0.2, 0.25) is 0 Å². The molecular weight excluding hydrogens is 322 g/mol. The Hall–Kier alpha value is -2.77. The molecule has 1 N–H and O–H groups in total. The zero-order chi connectivity index (χ0) is 18.5. The molecule has 0 saturated carbocycles. The zero-order valence-electron chi connectivity index (χ0n) is 15.7. The van der Waals surface area contributed by atoms with Crippen LogP contribution in [-0.2, 0) is 18.6 Å². The number of hydrogen-bond donors (Lipinski definition) is 1. The molecule has 4 nitrogen and oxygen atoms in total. The van der Waals surface area contributed by atoms with Crippen LogP contribution in [0.4, 0.5) is 0 Å². The van der Waals surface area contributed by atoms with Crippen molar-refractivity contribution in [1.29, 1.82) is 5.26 Å². The van der Waals surface area contributed by atoms with Crippen LogP contribution >= 0.6 is 0 Å². The molecule has 1 aliphatic heterocycles. The average Bonchev–Trinajstić information content (AvgIpc) is 3.21. The highest BCUT2D eigenvalue weighted by Crippen LogP contribution is 2.42. The number of ether oxygens (including phenoxy) is 1. The topological polar surface area (TPSA) is 52.0 Å². The number of aryl methyl sites for hydroxylation is 1. The van der Waals surface area contributed by atoms with Gasteiger partial charge >= 0.3 is 0 Å². The second-order valence-electron chi connectivity index (χ2n) is 7.54. The van der Waals surface area contributed by atoms with E-state index in [2.05, 4.69) is 54.9 Å². The third kappa shape index (κ3) is 2.40. The molecule has 1 aromatic heterocycles. The molecule has 0 amide bonds. The van der Waals surface area contributed by atoms with Crippen molar-refractivity contribution in [2.24, 2.45) is 0 Å². The van der Waals surface area contributed by atoms with Gasteiger partial charge in [-0.3, -0.25) is 4.90 Å². The largest absolute Gasteiger partial charge is 0.496 e. The van der Waals surface area contributed by atoms with Crippen LogP contribution < -0.4 is 4.74 Å². The van der Waals surface area contributed by atoms with Crippen LogP contribution in [0, 0.1) is 18.3 Å². The Morgan fingerprint density at radius 2 is 2.08 bits per heavy atom. The summed E-state index contributed by atoms with van der Waals surface area (Å²) in [4.78, 5) is 5.80. The number of rotatable bonds is 3. The third-order valence-corrected chi connectivity index (χ3v) is 5.73. The van der Waals surface area contributed by atoms with E-state index in [1.807, 2.05) is 18.3 Å². The molecule has 0 fully saturated rings. The Morgan fingerprint density at radius 1 is 1.27 bits per heavy atom. The molecule has 26 heavy (non-hydrogen) atoms. The lowest BCUT2D eigenvalue weighted by Crippen LogP contribution is -2.35. The predicted octanol–water partition coefficient (Wildman–Crippen LogP) is 4.61. The first-order chi connectivity index (χ1) is 12.5. The molecule has 0 spiro atoms. The minimum atomic E-state index is -0.138. The van der Waals surface area contributed by atoms with Crippen LogP contribution in [0.5, 0.6) is 5.75 Å². The molecule has 0 aliphatic carbocycles. The number of nitriles is 1. The van der Waals surface area contributed by atoms with E-state index in [4.69, 9.17) is 4.74 Å². The molecular formula is C22H23N3O. The Morgan fingerprint density at radius 3 is 2.81 bits per heavy atom. The van der Waals surface area contributed by atoms with Gasteiger partial charge in [0.2, 0.25) is 0 Å². The van der Waals surface area contributed by atoms with Crippen LogP contribution in [0.25, 0.3) is 10.9 Å². The van der Waals surface area contributed by atoms with Gasteiger partial charge in [-0.05, 0) is 61.7 Å². The molecule has 2 heterocycles. The first-order valence-electron chi connectivity index (χ1n) is 8.88. The number of aromatic amines is 1. The van der Waals surface area contributed by atoms with Crippen molar-refractivity contribution in [3.05, 3.63) is 64.3 Å². The Labute approximate surface area is 154 Å². The zero-order valence-corrected chi connectivity index (χ0v) is 15.7. The van der Waals surface area contributed by atoms with Crippen molar-refractivity contribution in [2.45, 2.75) is 39.4 Å². The molecule has 132 valence electrons. The fourth-order valence-electron chi connectivity index (χ4n) is 4.15. The van der Waals surface area contributed by atoms with Gasteiger partial charge in [-0.25, -0.2) is 0 Å². The molecule has 4 heteroatoms. The number of H-pyrrole nitrogens is 1. The second kappa shape index (κ2) is 5.89. The fourth-order valence-corrected chi connectivity index (χ4v) is 4.15. The molecule has 0 unspecified atom stereocenters. The first kappa shape index (κ1) is 16.7. The smallest absolute Gasteiger partial charge is 0.124 e. The van der Waals surface area contributed by atoms with Gasteiger partial charge in [0, 0.05) is 41.3 Å². The molecule has 0 radical (unpaired) electrons. The van der Waals surface area contributed by atoms with Crippen molar-refractivity contribution in [3.8, 4) is 11.8 Å². The van der Waals surface area contributed by atoms with E-state index in [1.165, 1.54) is 33.2 Å². The van der Waals surface area contributed by atoms with Crippen LogP contribution in [0.3, 0.4) is 0 Å². The number of nitrogens with zero attached hydrogens (tertiary/aromatic N) is 2. The number of fused-ring (bicyclic) bond motifs is 2. The van der Waals surface area contributed by atoms with Crippen molar-refractivity contribution < 1.29 is 4.74 Å². The summed E-state index contributed by atoms with van der Waals surface area (Å²) in [7, 11) is 1.74. The molecule has 0 bridgehead atoms. The molecule has 4 rings (SSSR count). The highest BCUT2D eigenvalue weighted by molar-refractivity contribution is 5.88. The minimum Gasteiger partial charge on any atom is -0.496 e. The second-order valence-corrected chi connectivity index (χ2v) is 7.54. The number of aromatic nitrogens is 1. The average molecular weight is 345 g/mol. The van der Waals surface area contributed by atoms with Crippen LogP contribution in [0.1, 0.15) is 41.7 Å². The first-order valence-corrected chi connectivity index (χ1v) is 8.88. The molecule has 3 aromatic rings. The summed E-state index contributed by atoms with van der Waals surface area (Å²) in [5.41, 5.74) is 6.68. The highest BCUT2D eigenvalue weighted by Gasteiger charge is 2.38. The number of benzene rings is 2. The van der Waals surface area contributed by atoms with Gasteiger partial charge in [0.15, 0.2) is 0 Å². The van der Waals surface area contributed by atoms with E-state index in [1.54, 1.807) is 7.11 Å². The Bertz CT molecular complexity index is 1040. The van der Waals surface area contributed by atoms with Crippen LogP contribution in [0.15, 0.2) is 36.5 Å². The normalized spacial score (nSPS) is 15.8. The lowest BCUT2D eigenvalue weighted by atomic mass is 9.92. The van der Waals surface area contributed by atoms with Gasteiger partial charge in [0.05, 0.1) is 18.7 Å². The summed E-state index contributed by atoms with van der Waals surface area (Å²) in [6.45, 7) is 8.23. The number of hydrogen-bond acceptors (Lipinski definition) is 3. The lowest BCUT2D eigenvalue weighted by molar-refractivity contribution is 0.127. The van der Waals surface area contributed by atoms with E-state index in [0.717, 1.165) is 24.4 Å². The van der Waals surface area contributed by atoms with Crippen molar-refractivity contribution in [1.82, 2.24) is 9.88 Å². The van der Waals surface area contributed by atoms with Gasteiger partial charge in [-0.15, -0.1) is 0 Å². The maximum absolute atomic E-state index is 9.25. The standard InChI is InChI=1S/C22H23N3O/c1-14-9-20(26-4)18(17-7-8-24-21(14)17)13-25-12-16-6-5-15(11-23)10-19(16)22(25,2)3/h5-10,24H,12-13H2,1-4H3. The maximum atomic E-state index is 9.25. The summed E-state index contributed by atoms with van der Waals surface area (Å²) < 4.78 is 5.71. The van der Waals surface area contributed by atoms with E-state index < -0.39 is 0 Å². The fraction of sp³-hybridized carbons (Fsp3) is 0.318. The third-order valence-electron chi connectivity index (χ3n) is 5.73.